The van der Waals surface area contributed by atoms with E-state index in [9.17, 15) is 21.6 Å². The van der Waals surface area contributed by atoms with Gasteiger partial charge in [0.25, 0.3) is 0 Å². The lowest BCUT2D eigenvalue weighted by atomic mass is 10.0. The predicted molar refractivity (Wildman–Crippen MR) is 86.3 cm³/mol. The first-order chi connectivity index (χ1) is 11.1. The molecule has 1 aromatic carbocycles. The number of rotatable bonds is 5. The van der Waals surface area contributed by atoms with E-state index in [1.54, 1.807) is 0 Å². The molecule has 4 nitrogen and oxygen atoms in total. The molecular formula is C16H23F3N2O2S. The van der Waals surface area contributed by atoms with Gasteiger partial charge in [-0.1, -0.05) is 12.5 Å². The minimum Gasteiger partial charge on any atom is -0.299 e. The van der Waals surface area contributed by atoms with Crippen LogP contribution in [0.4, 0.5) is 13.2 Å². The number of piperidine rings is 1. The van der Waals surface area contributed by atoms with Gasteiger partial charge < -0.3 is 0 Å². The van der Waals surface area contributed by atoms with E-state index in [1.807, 2.05) is 0 Å². The van der Waals surface area contributed by atoms with Gasteiger partial charge in [-0.3, -0.25) is 4.90 Å². The number of sulfonamides is 1. The lowest BCUT2D eigenvalue weighted by molar-refractivity contribution is -0.138. The first-order valence-corrected chi connectivity index (χ1v) is 9.51. The summed E-state index contributed by atoms with van der Waals surface area (Å²) < 4.78 is 65.7. The molecule has 1 unspecified atom stereocenters. The van der Waals surface area contributed by atoms with Gasteiger partial charge in [0.2, 0.25) is 10.0 Å². The molecule has 0 bridgehead atoms. The van der Waals surface area contributed by atoms with Crippen LogP contribution < -0.4 is 4.72 Å². The molecule has 0 aliphatic carbocycles. The average Bonchev–Trinajstić information content (AvgIpc) is 2.48. The third-order valence-corrected chi connectivity index (χ3v) is 5.92. The van der Waals surface area contributed by atoms with E-state index in [-0.39, 0.29) is 17.0 Å². The minimum atomic E-state index is -4.57. The summed E-state index contributed by atoms with van der Waals surface area (Å²) in [6.07, 6.45) is -1.23. The molecule has 1 aliphatic rings. The number of nitrogens with one attached hydrogen (secondary N) is 1. The summed E-state index contributed by atoms with van der Waals surface area (Å²) >= 11 is 0. The summed E-state index contributed by atoms with van der Waals surface area (Å²) in [7, 11) is -3.95. The van der Waals surface area contributed by atoms with E-state index in [1.165, 1.54) is 25.5 Å². The molecule has 1 atom stereocenters. The maximum atomic E-state index is 12.9. The number of nitrogens with zero attached hydrogens (tertiary/aromatic N) is 1. The van der Waals surface area contributed by atoms with Crippen LogP contribution in [0.15, 0.2) is 23.1 Å². The molecule has 0 aromatic heterocycles. The third-order valence-electron chi connectivity index (χ3n) is 4.46. The average molecular weight is 364 g/mol. The Balaban J connectivity index is 2.05. The molecule has 1 saturated heterocycles. The van der Waals surface area contributed by atoms with E-state index in [2.05, 4.69) is 16.5 Å². The fourth-order valence-corrected chi connectivity index (χ4v) is 4.02. The molecule has 24 heavy (non-hydrogen) atoms. The van der Waals surface area contributed by atoms with Crippen molar-refractivity contribution in [1.29, 1.82) is 0 Å². The van der Waals surface area contributed by atoms with Crippen LogP contribution >= 0.6 is 0 Å². The van der Waals surface area contributed by atoms with E-state index in [0.29, 0.717) is 18.7 Å². The van der Waals surface area contributed by atoms with Gasteiger partial charge in [-0.15, -0.1) is 0 Å². The van der Waals surface area contributed by atoms with E-state index in [0.717, 1.165) is 19.4 Å². The Labute approximate surface area is 141 Å². The van der Waals surface area contributed by atoms with Gasteiger partial charge in [0.15, 0.2) is 0 Å². The quantitative estimate of drug-likeness (QED) is 0.873. The molecule has 0 spiro atoms. The number of aryl methyl sites for hydroxylation is 1. The van der Waals surface area contributed by atoms with Crippen molar-refractivity contribution in [2.75, 3.05) is 19.6 Å². The highest BCUT2D eigenvalue weighted by molar-refractivity contribution is 7.89. The lowest BCUT2D eigenvalue weighted by Crippen LogP contribution is -2.42. The van der Waals surface area contributed by atoms with Crippen LogP contribution in [0.25, 0.3) is 0 Å². The SMILES string of the molecule is Cc1ccc(S(=O)(=O)NCCN2CCCCC2C)cc1C(F)(F)F. The zero-order valence-corrected chi connectivity index (χ0v) is 14.7. The second kappa shape index (κ2) is 7.41. The number of likely N-dealkylation sites (tertiary alicyclic amines) is 1. The van der Waals surface area contributed by atoms with Gasteiger partial charge >= 0.3 is 6.18 Å². The van der Waals surface area contributed by atoms with Crippen molar-refractivity contribution in [1.82, 2.24) is 9.62 Å². The number of hydrogen-bond donors (Lipinski definition) is 1. The van der Waals surface area contributed by atoms with Crippen molar-refractivity contribution < 1.29 is 21.6 Å². The van der Waals surface area contributed by atoms with E-state index >= 15 is 0 Å². The topological polar surface area (TPSA) is 49.4 Å². The van der Waals surface area contributed by atoms with Crippen LogP contribution in [0, 0.1) is 6.92 Å². The minimum absolute atomic E-state index is 0.00333. The molecule has 1 aromatic rings. The number of benzene rings is 1. The Morgan fingerprint density at radius 2 is 2.00 bits per heavy atom. The van der Waals surface area contributed by atoms with Crippen molar-refractivity contribution in [3.63, 3.8) is 0 Å². The summed E-state index contributed by atoms with van der Waals surface area (Å²) in [5.74, 6) is 0. The summed E-state index contributed by atoms with van der Waals surface area (Å²) in [6, 6.07) is 3.49. The van der Waals surface area contributed by atoms with Crippen molar-refractivity contribution in [3.05, 3.63) is 29.3 Å². The molecule has 2 rings (SSSR count). The highest BCUT2D eigenvalue weighted by Crippen LogP contribution is 2.33. The van der Waals surface area contributed by atoms with Gasteiger partial charge in [-0.05, 0) is 50.9 Å². The number of halogens is 3. The Morgan fingerprint density at radius 1 is 1.29 bits per heavy atom. The van der Waals surface area contributed by atoms with Crippen LogP contribution in [0.3, 0.4) is 0 Å². The Bertz CT molecular complexity index is 674. The largest absolute Gasteiger partial charge is 0.416 e. The molecule has 1 heterocycles. The maximum Gasteiger partial charge on any atom is 0.416 e. The van der Waals surface area contributed by atoms with Gasteiger partial charge in [-0.2, -0.15) is 13.2 Å². The van der Waals surface area contributed by atoms with Crippen molar-refractivity contribution in [2.45, 2.75) is 50.2 Å². The molecule has 0 saturated carbocycles. The van der Waals surface area contributed by atoms with Crippen LogP contribution in [0.1, 0.15) is 37.3 Å². The molecule has 1 aliphatic heterocycles. The van der Waals surface area contributed by atoms with Crippen LogP contribution in [-0.2, 0) is 16.2 Å². The smallest absolute Gasteiger partial charge is 0.299 e. The summed E-state index contributed by atoms with van der Waals surface area (Å²) in [6.45, 7) is 5.07. The van der Waals surface area contributed by atoms with Crippen molar-refractivity contribution >= 4 is 10.0 Å². The highest BCUT2D eigenvalue weighted by Gasteiger charge is 2.33. The normalized spacial score (nSPS) is 20.3. The Kier molecular flexibility index (Phi) is 5.93. The monoisotopic (exact) mass is 364 g/mol. The lowest BCUT2D eigenvalue weighted by Gasteiger charge is -2.33. The molecule has 0 amide bonds. The van der Waals surface area contributed by atoms with Crippen molar-refractivity contribution in [3.8, 4) is 0 Å². The van der Waals surface area contributed by atoms with Crippen LogP contribution in [0.5, 0.6) is 0 Å². The molecule has 0 radical (unpaired) electrons. The van der Waals surface area contributed by atoms with Gasteiger partial charge in [0, 0.05) is 19.1 Å². The summed E-state index contributed by atoms with van der Waals surface area (Å²) in [4.78, 5) is 1.84. The first-order valence-electron chi connectivity index (χ1n) is 8.03. The molecule has 8 heteroatoms. The fraction of sp³-hybridized carbons (Fsp3) is 0.625. The molecule has 136 valence electrons. The third kappa shape index (κ3) is 4.70. The predicted octanol–water partition coefficient (Wildman–Crippen LogP) is 3.17. The zero-order valence-electron chi connectivity index (χ0n) is 13.9. The standard InChI is InChI=1S/C16H23F3N2O2S/c1-12-6-7-14(11-15(12)16(17,18)19)24(22,23)20-8-10-21-9-4-3-5-13(21)2/h6-7,11,13,20H,3-5,8-10H2,1-2H3. The van der Waals surface area contributed by atoms with Crippen LogP contribution in [-0.4, -0.2) is 39.0 Å². The van der Waals surface area contributed by atoms with Crippen LogP contribution in [0.2, 0.25) is 0 Å². The number of alkyl halides is 3. The summed E-state index contributed by atoms with van der Waals surface area (Å²) in [5, 5.41) is 0. The Hall–Kier alpha value is -1.12. The Morgan fingerprint density at radius 3 is 2.62 bits per heavy atom. The van der Waals surface area contributed by atoms with Gasteiger partial charge in [0.05, 0.1) is 10.5 Å². The van der Waals surface area contributed by atoms with Gasteiger partial charge in [-0.25, -0.2) is 13.1 Å². The van der Waals surface area contributed by atoms with Crippen molar-refractivity contribution in [2.24, 2.45) is 0 Å². The first kappa shape index (κ1) is 19.2. The zero-order chi connectivity index (χ0) is 18.0. The molecule has 1 fully saturated rings. The van der Waals surface area contributed by atoms with Gasteiger partial charge in [0.1, 0.15) is 0 Å². The molecular weight excluding hydrogens is 341 g/mol. The molecule has 1 N–H and O–H groups in total. The highest BCUT2D eigenvalue weighted by atomic mass is 32.2. The summed E-state index contributed by atoms with van der Waals surface area (Å²) in [5.41, 5.74) is -0.918. The van der Waals surface area contributed by atoms with E-state index in [4.69, 9.17) is 0 Å². The van der Waals surface area contributed by atoms with E-state index < -0.39 is 21.8 Å². The fourth-order valence-electron chi connectivity index (χ4n) is 2.97. The second-order valence-corrected chi connectivity index (χ2v) is 8.02. The second-order valence-electron chi connectivity index (χ2n) is 6.25. The maximum absolute atomic E-state index is 12.9. The number of hydrogen-bond acceptors (Lipinski definition) is 3.